The van der Waals surface area contributed by atoms with E-state index >= 15 is 0 Å². The highest BCUT2D eigenvalue weighted by atomic mass is 14.5. The van der Waals surface area contributed by atoms with E-state index in [2.05, 4.69) is 106 Å². The molecule has 2 unspecified atom stereocenters. The fraction of sp³-hybridized carbons (Fsp3) is 0.613. The summed E-state index contributed by atoms with van der Waals surface area (Å²) >= 11 is 0. The van der Waals surface area contributed by atoms with Crippen molar-refractivity contribution in [3.05, 3.63) is 58.7 Å². The molecule has 2 atom stereocenters. The summed E-state index contributed by atoms with van der Waals surface area (Å²) in [5, 5.41) is 0. The van der Waals surface area contributed by atoms with E-state index in [1.807, 2.05) is 0 Å². The second kappa shape index (κ2) is 8.42. The van der Waals surface area contributed by atoms with Gasteiger partial charge in [0.05, 0.1) is 0 Å². The zero-order chi connectivity index (χ0) is 23.2. The van der Waals surface area contributed by atoms with E-state index in [-0.39, 0.29) is 5.41 Å². The molecule has 0 bridgehead atoms. The molecule has 2 aromatic carbocycles. The van der Waals surface area contributed by atoms with Gasteiger partial charge in [-0.2, -0.15) is 0 Å². The highest BCUT2D eigenvalue weighted by molar-refractivity contribution is 5.81. The van der Waals surface area contributed by atoms with Crippen LogP contribution >= 0.6 is 0 Å². The second-order valence-corrected chi connectivity index (χ2v) is 13.3. The van der Waals surface area contributed by atoms with Gasteiger partial charge in [0.1, 0.15) is 0 Å². The molecule has 1 aliphatic carbocycles. The van der Waals surface area contributed by atoms with E-state index in [1.165, 1.54) is 47.9 Å². The molecule has 170 valence electrons. The Morgan fingerprint density at radius 2 is 1.00 bits per heavy atom. The van der Waals surface area contributed by atoms with Crippen LogP contribution in [0.25, 0.3) is 11.1 Å². The molecule has 0 fully saturated rings. The van der Waals surface area contributed by atoms with Crippen LogP contribution in [0.3, 0.4) is 0 Å². The Balaban J connectivity index is 2.17. The summed E-state index contributed by atoms with van der Waals surface area (Å²) in [6.07, 6.45) is 5.02. The third-order valence-corrected chi connectivity index (χ3v) is 6.99. The Kier molecular flexibility index (Phi) is 6.54. The van der Waals surface area contributed by atoms with Crippen LogP contribution in [0.2, 0.25) is 0 Å². The lowest BCUT2D eigenvalue weighted by molar-refractivity contribution is 0.221. The van der Waals surface area contributed by atoms with Crippen LogP contribution in [0.5, 0.6) is 0 Å². The smallest absolute Gasteiger partial charge is 0.0220 e. The second-order valence-electron chi connectivity index (χ2n) is 13.3. The summed E-state index contributed by atoms with van der Waals surface area (Å²) in [7, 11) is 0. The molecule has 0 saturated heterocycles. The van der Waals surface area contributed by atoms with Crippen molar-refractivity contribution in [2.45, 2.75) is 100 Å². The normalized spacial score (nSPS) is 17.2. The number of fused-ring (bicyclic) bond motifs is 3. The third-order valence-electron chi connectivity index (χ3n) is 6.99. The number of rotatable bonds is 6. The number of hydrogen-bond acceptors (Lipinski definition) is 0. The van der Waals surface area contributed by atoms with E-state index in [0.29, 0.717) is 22.7 Å². The maximum Gasteiger partial charge on any atom is 0.0220 e. The highest BCUT2D eigenvalue weighted by Crippen LogP contribution is 2.56. The molecule has 0 aliphatic heterocycles. The summed E-state index contributed by atoms with van der Waals surface area (Å²) in [4.78, 5) is 0. The molecule has 31 heavy (non-hydrogen) atoms. The number of benzene rings is 2. The SMILES string of the molecule is Cc1ccc2c(c1)C(CC(C)CC(C)(C)C)(CC(C)CC(C)(C)C)c1cc(C)ccc1-2. The number of aryl methyl sites for hydroxylation is 2. The van der Waals surface area contributed by atoms with Crippen LogP contribution in [0.15, 0.2) is 36.4 Å². The first-order valence-corrected chi connectivity index (χ1v) is 12.4. The van der Waals surface area contributed by atoms with Crippen LogP contribution in [-0.2, 0) is 5.41 Å². The van der Waals surface area contributed by atoms with E-state index in [9.17, 15) is 0 Å². The van der Waals surface area contributed by atoms with Gasteiger partial charge < -0.3 is 0 Å². The minimum Gasteiger partial charge on any atom is -0.0624 e. The Labute approximate surface area is 192 Å². The third kappa shape index (κ3) is 5.44. The Bertz CT molecular complexity index is 839. The van der Waals surface area contributed by atoms with Gasteiger partial charge in [-0.25, -0.2) is 0 Å². The molecular formula is C31H46. The summed E-state index contributed by atoms with van der Waals surface area (Å²) in [6.45, 7) is 23.9. The van der Waals surface area contributed by atoms with E-state index in [1.54, 1.807) is 11.1 Å². The molecule has 0 heterocycles. The predicted octanol–water partition coefficient (Wildman–Crippen LogP) is 9.49. The standard InChI is InChI=1S/C31H46/c1-21-11-13-25-26-14-12-22(2)16-28(26)31(27(25)15-21,19-23(3)17-29(5,6)7)20-24(4)18-30(8,9)10/h11-16,23-24H,17-20H2,1-10H3. The van der Waals surface area contributed by atoms with Crippen molar-refractivity contribution in [3.8, 4) is 11.1 Å². The van der Waals surface area contributed by atoms with E-state index in [0.717, 1.165) is 0 Å². The molecule has 1 aliphatic rings. The molecule has 0 saturated carbocycles. The first kappa shape index (κ1) is 24.1. The summed E-state index contributed by atoms with van der Waals surface area (Å²) in [6, 6.07) is 14.4. The minimum absolute atomic E-state index is 0.123. The van der Waals surface area contributed by atoms with Crippen molar-refractivity contribution in [2.24, 2.45) is 22.7 Å². The fourth-order valence-electron chi connectivity index (χ4n) is 6.67. The molecule has 0 nitrogen and oxygen atoms in total. The van der Waals surface area contributed by atoms with Gasteiger partial charge in [0, 0.05) is 5.41 Å². The molecule has 0 N–H and O–H groups in total. The van der Waals surface area contributed by atoms with Crippen molar-refractivity contribution in [1.29, 1.82) is 0 Å². The average molecular weight is 419 g/mol. The van der Waals surface area contributed by atoms with Gasteiger partial charge in [0.15, 0.2) is 0 Å². The number of hydrogen-bond donors (Lipinski definition) is 0. The monoisotopic (exact) mass is 418 g/mol. The summed E-state index contributed by atoms with van der Waals surface area (Å²) in [5.74, 6) is 1.36. The summed E-state index contributed by atoms with van der Waals surface area (Å²) in [5.41, 5.74) is 9.77. The molecule has 0 spiro atoms. The van der Waals surface area contributed by atoms with Gasteiger partial charge in [-0.3, -0.25) is 0 Å². The highest BCUT2D eigenvalue weighted by Gasteiger charge is 2.45. The first-order chi connectivity index (χ1) is 14.2. The molecule has 0 amide bonds. The van der Waals surface area contributed by atoms with Crippen molar-refractivity contribution < 1.29 is 0 Å². The minimum atomic E-state index is 0.123. The van der Waals surface area contributed by atoms with Gasteiger partial charge >= 0.3 is 0 Å². The summed E-state index contributed by atoms with van der Waals surface area (Å²) < 4.78 is 0. The Hall–Kier alpha value is -1.56. The van der Waals surface area contributed by atoms with Gasteiger partial charge in [-0.15, -0.1) is 0 Å². The Morgan fingerprint density at radius 1 is 0.645 bits per heavy atom. The lowest BCUT2D eigenvalue weighted by Gasteiger charge is -2.39. The van der Waals surface area contributed by atoms with Crippen LogP contribution < -0.4 is 0 Å². The van der Waals surface area contributed by atoms with Crippen LogP contribution in [0, 0.1) is 36.5 Å². The van der Waals surface area contributed by atoms with E-state index in [4.69, 9.17) is 0 Å². The van der Waals surface area contributed by atoms with Crippen LogP contribution in [0.1, 0.15) is 103 Å². The maximum atomic E-state index is 2.51. The topological polar surface area (TPSA) is 0 Å². The van der Waals surface area contributed by atoms with E-state index < -0.39 is 0 Å². The zero-order valence-corrected chi connectivity index (χ0v) is 21.9. The quantitative estimate of drug-likeness (QED) is 0.438. The molecule has 0 aromatic heterocycles. The van der Waals surface area contributed by atoms with Gasteiger partial charge in [0.2, 0.25) is 0 Å². The molecule has 3 rings (SSSR count). The van der Waals surface area contributed by atoms with Gasteiger partial charge in [0.25, 0.3) is 0 Å². The van der Waals surface area contributed by atoms with Crippen molar-refractivity contribution in [1.82, 2.24) is 0 Å². The van der Waals surface area contributed by atoms with Crippen molar-refractivity contribution in [2.75, 3.05) is 0 Å². The Morgan fingerprint density at radius 3 is 1.32 bits per heavy atom. The molecule has 0 heteroatoms. The van der Waals surface area contributed by atoms with Crippen LogP contribution in [0.4, 0.5) is 0 Å². The van der Waals surface area contributed by atoms with Crippen LogP contribution in [-0.4, -0.2) is 0 Å². The lowest BCUT2D eigenvalue weighted by atomic mass is 9.64. The lowest BCUT2D eigenvalue weighted by Crippen LogP contribution is -2.32. The average Bonchev–Trinajstić information content (AvgIpc) is 2.80. The molecule has 0 radical (unpaired) electrons. The molecular weight excluding hydrogens is 372 g/mol. The van der Waals surface area contributed by atoms with Gasteiger partial charge in [-0.1, -0.05) is 103 Å². The van der Waals surface area contributed by atoms with Gasteiger partial charge in [-0.05, 0) is 84.5 Å². The zero-order valence-electron chi connectivity index (χ0n) is 21.9. The van der Waals surface area contributed by atoms with Crippen molar-refractivity contribution >= 4 is 0 Å². The predicted molar refractivity (Wildman–Crippen MR) is 138 cm³/mol. The fourth-order valence-corrected chi connectivity index (χ4v) is 6.67. The van der Waals surface area contributed by atoms with Crippen molar-refractivity contribution in [3.63, 3.8) is 0 Å². The first-order valence-electron chi connectivity index (χ1n) is 12.4. The largest absolute Gasteiger partial charge is 0.0624 e. The maximum absolute atomic E-state index is 2.51. The molecule has 2 aromatic rings.